The molecule has 9 heterocycles. The molecule has 9 rings (SSSR count). The fourth-order valence-corrected chi connectivity index (χ4v) is 6.41. The molecule has 0 amide bonds. The van der Waals surface area contributed by atoms with E-state index in [9.17, 15) is 0 Å². The zero-order valence-corrected chi connectivity index (χ0v) is 32.2. The number of rotatable bonds is 12. The molecule has 0 radical (unpaired) electrons. The van der Waals surface area contributed by atoms with Crippen molar-refractivity contribution in [2.45, 2.75) is 52.6 Å². The molecule has 15 nitrogen and oxygen atoms in total. The fraction of sp³-hybridized carbons (Fsp3) is 0.238. The molecule has 286 valence electrons. The number of fused-ring (bicyclic) bond motifs is 3. The molecule has 0 spiro atoms. The van der Waals surface area contributed by atoms with Crippen molar-refractivity contribution < 1.29 is 0 Å². The lowest BCUT2D eigenvalue weighted by Gasteiger charge is -2.11. The number of pyridine rings is 4. The molecule has 0 fully saturated rings. The van der Waals surface area contributed by atoms with Gasteiger partial charge < -0.3 is 24.8 Å². The first-order valence-corrected chi connectivity index (χ1v) is 19.0. The summed E-state index contributed by atoms with van der Waals surface area (Å²) in [7, 11) is 0. The van der Waals surface area contributed by atoms with E-state index in [0.29, 0.717) is 18.2 Å². The summed E-state index contributed by atoms with van der Waals surface area (Å²) in [5.74, 6) is 2.75. The summed E-state index contributed by atoms with van der Waals surface area (Å²) in [5.41, 5.74) is 8.26. The zero-order chi connectivity index (χ0) is 39.1. The van der Waals surface area contributed by atoms with Gasteiger partial charge in [-0.1, -0.05) is 0 Å². The summed E-state index contributed by atoms with van der Waals surface area (Å²) in [6.45, 7) is 9.92. The quantitative estimate of drug-likeness (QED) is 0.112. The van der Waals surface area contributed by atoms with Crippen molar-refractivity contribution in [2.24, 2.45) is 0 Å². The lowest BCUT2D eigenvalue weighted by molar-refractivity contribution is 0.612. The van der Waals surface area contributed by atoms with Crippen LogP contribution in [0.15, 0.2) is 111 Å². The van der Waals surface area contributed by atoms with E-state index >= 15 is 0 Å². The Morgan fingerprint density at radius 1 is 0.596 bits per heavy atom. The Morgan fingerprint density at radius 3 is 1.68 bits per heavy atom. The Bertz CT molecular complexity index is 2700. The van der Waals surface area contributed by atoms with Crippen molar-refractivity contribution >= 4 is 45.0 Å². The SMILES string of the molecule is CC(C)n1cnc2c(NCCc3ccncc3)nc(-c3cccnc3)nc21.CC(C)n1cnc2c(NCCc3cnc4[nH]ccc4c3)nc(-c3cccnc3)nc21. The van der Waals surface area contributed by atoms with Crippen molar-refractivity contribution in [3.05, 3.63) is 122 Å². The minimum atomic E-state index is 0.249. The van der Waals surface area contributed by atoms with Gasteiger partial charge in [0.25, 0.3) is 0 Å². The van der Waals surface area contributed by atoms with Crippen LogP contribution in [0.1, 0.15) is 50.9 Å². The van der Waals surface area contributed by atoms with E-state index in [-0.39, 0.29) is 12.1 Å². The van der Waals surface area contributed by atoms with Crippen LogP contribution in [-0.2, 0) is 12.8 Å². The first kappa shape index (κ1) is 36.8. The van der Waals surface area contributed by atoms with E-state index in [1.807, 2.05) is 79.9 Å². The fourth-order valence-electron chi connectivity index (χ4n) is 6.41. The van der Waals surface area contributed by atoms with Gasteiger partial charge in [-0.25, -0.2) is 34.9 Å². The molecule has 0 unspecified atom stereocenters. The highest BCUT2D eigenvalue weighted by Gasteiger charge is 2.17. The molecule has 57 heavy (non-hydrogen) atoms. The summed E-state index contributed by atoms with van der Waals surface area (Å²) in [6, 6.07) is 16.4. The second-order valence-corrected chi connectivity index (χ2v) is 14.1. The molecule has 0 aliphatic carbocycles. The number of hydrogen-bond donors (Lipinski definition) is 3. The maximum atomic E-state index is 4.78. The molecular formula is C42H43N15. The Kier molecular flexibility index (Phi) is 10.8. The first-order chi connectivity index (χ1) is 27.9. The van der Waals surface area contributed by atoms with Gasteiger partial charge in [0.2, 0.25) is 0 Å². The third-order valence-corrected chi connectivity index (χ3v) is 9.41. The molecule has 0 bridgehead atoms. The van der Waals surface area contributed by atoms with Crippen LogP contribution in [-0.4, -0.2) is 77.0 Å². The summed E-state index contributed by atoms with van der Waals surface area (Å²) < 4.78 is 4.12. The Hall–Kier alpha value is -7.16. The second kappa shape index (κ2) is 16.7. The van der Waals surface area contributed by atoms with Crippen molar-refractivity contribution in [3.8, 4) is 22.8 Å². The highest BCUT2D eigenvalue weighted by atomic mass is 15.2. The minimum absolute atomic E-state index is 0.249. The van der Waals surface area contributed by atoms with Gasteiger partial charge in [0.05, 0.1) is 12.7 Å². The molecule has 0 saturated carbocycles. The van der Waals surface area contributed by atoms with Crippen molar-refractivity contribution in [1.82, 2.24) is 64.0 Å². The van der Waals surface area contributed by atoms with E-state index in [4.69, 9.17) is 19.9 Å². The van der Waals surface area contributed by atoms with Crippen LogP contribution in [0.4, 0.5) is 11.6 Å². The molecule has 9 aromatic rings. The van der Waals surface area contributed by atoms with E-state index in [2.05, 4.69) is 88.4 Å². The second-order valence-electron chi connectivity index (χ2n) is 14.1. The number of nitrogens with one attached hydrogen (secondary N) is 3. The van der Waals surface area contributed by atoms with Gasteiger partial charge in [-0.3, -0.25) is 15.0 Å². The Morgan fingerprint density at radius 2 is 1.16 bits per heavy atom. The van der Waals surface area contributed by atoms with E-state index in [1.54, 1.807) is 24.8 Å². The third-order valence-electron chi connectivity index (χ3n) is 9.41. The zero-order valence-electron chi connectivity index (χ0n) is 32.2. The first-order valence-electron chi connectivity index (χ1n) is 19.0. The molecule has 0 saturated heterocycles. The maximum absolute atomic E-state index is 4.78. The van der Waals surface area contributed by atoms with Gasteiger partial charge in [0.15, 0.2) is 34.6 Å². The summed E-state index contributed by atoms with van der Waals surface area (Å²) in [5, 5.41) is 8.01. The van der Waals surface area contributed by atoms with Crippen LogP contribution in [0.2, 0.25) is 0 Å². The number of nitrogens with zero attached hydrogens (tertiary/aromatic N) is 12. The number of H-pyrrole nitrogens is 1. The summed E-state index contributed by atoms with van der Waals surface area (Å²) in [4.78, 5) is 48.2. The molecule has 0 atom stereocenters. The lowest BCUT2D eigenvalue weighted by Crippen LogP contribution is -2.09. The van der Waals surface area contributed by atoms with Crippen molar-refractivity contribution in [3.63, 3.8) is 0 Å². The standard InChI is InChI=1S/C22H22N8.C20H21N7/c1-14(2)30-13-27-18-21(28-20(29-22(18)30)17-4-3-7-23-12-17)25-8-5-15-10-16-6-9-24-19(16)26-11-15;1-14(2)27-13-24-17-19(23-11-7-15-5-9-21-10-6-15)25-18(26-20(17)27)16-4-3-8-22-12-16/h3-4,6-7,9-14H,5,8H2,1-2H3,(H,24,26)(H,25,28,29);3-6,8-10,12-14H,7,11H2,1-2H3,(H,23,25,26). The maximum Gasteiger partial charge on any atom is 0.166 e. The number of imidazole rings is 2. The number of hydrogen-bond acceptors (Lipinski definition) is 12. The van der Waals surface area contributed by atoms with Crippen LogP contribution in [0.25, 0.3) is 56.1 Å². The van der Waals surface area contributed by atoms with Crippen LogP contribution in [0.3, 0.4) is 0 Å². The summed E-state index contributed by atoms with van der Waals surface area (Å²) >= 11 is 0. The van der Waals surface area contributed by atoms with Crippen molar-refractivity contribution in [1.29, 1.82) is 0 Å². The Balaban J connectivity index is 0.000000161. The molecule has 0 aliphatic heterocycles. The van der Waals surface area contributed by atoms with E-state index in [1.165, 1.54) is 11.1 Å². The molecule has 15 heteroatoms. The van der Waals surface area contributed by atoms with E-state index in [0.717, 1.165) is 75.5 Å². The summed E-state index contributed by atoms with van der Waals surface area (Å²) in [6.07, 6.45) is 19.8. The van der Waals surface area contributed by atoms with Gasteiger partial charge in [-0.2, -0.15) is 0 Å². The van der Waals surface area contributed by atoms with Crippen LogP contribution in [0.5, 0.6) is 0 Å². The molecule has 0 aliphatic rings. The van der Waals surface area contributed by atoms with Crippen LogP contribution >= 0.6 is 0 Å². The van der Waals surface area contributed by atoms with Crippen LogP contribution < -0.4 is 10.6 Å². The molecular weight excluding hydrogens is 715 g/mol. The predicted molar refractivity (Wildman–Crippen MR) is 223 cm³/mol. The topological polar surface area (TPSA) is 179 Å². The average molecular weight is 758 g/mol. The van der Waals surface area contributed by atoms with Gasteiger partial charge in [0.1, 0.15) is 16.7 Å². The normalized spacial score (nSPS) is 11.4. The number of aromatic amines is 1. The molecule has 0 aromatic carbocycles. The Labute approximate surface area is 329 Å². The van der Waals surface area contributed by atoms with Gasteiger partial charge in [-0.15, -0.1) is 0 Å². The van der Waals surface area contributed by atoms with Crippen molar-refractivity contribution in [2.75, 3.05) is 23.7 Å². The van der Waals surface area contributed by atoms with Crippen LogP contribution in [0, 0.1) is 0 Å². The largest absolute Gasteiger partial charge is 0.368 e. The lowest BCUT2D eigenvalue weighted by atomic mass is 10.2. The number of anilines is 2. The monoisotopic (exact) mass is 757 g/mol. The predicted octanol–water partition coefficient (Wildman–Crippen LogP) is 7.52. The van der Waals surface area contributed by atoms with Gasteiger partial charge in [0, 0.05) is 91.3 Å². The average Bonchev–Trinajstić information content (AvgIpc) is 4.01. The minimum Gasteiger partial charge on any atom is -0.368 e. The molecule has 9 aromatic heterocycles. The number of aromatic nitrogens is 13. The van der Waals surface area contributed by atoms with E-state index < -0.39 is 0 Å². The highest BCUT2D eigenvalue weighted by Crippen LogP contribution is 2.27. The molecule has 3 N–H and O–H groups in total. The smallest absolute Gasteiger partial charge is 0.166 e. The third kappa shape index (κ3) is 8.27. The highest BCUT2D eigenvalue weighted by molar-refractivity contribution is 5.86. The van der Waals surface area contributed by atoms with Gasteiger partial charge in [-0.05, 0) is 100 Å². The van der Waals surface area contributed by atoms with Gasteiger partial charge >= 0.3 is 0 Å².